The molecule has 0 fully saturated rings. The van der Waals surface area contributed by atoms with Gasteiger partial charge in [0.05, 0.1) is 12.7 Å². The van der Waals surface area contributed by atoms with Gasteiger partial charge in [-0.2, -0.15) is 0 Å². The van der Waals surface area contributed by atoms with Crippen LogP contribution in [0.1, 0.15) is 21.6 Å². The number of fused-ring (bicyclic) bond motifs is 1. The predicted octanol–water partition coefficient (Wildman–Crippen LogP) is 4.84. The number of benzene rings is 3. The van der Waals surface area contributed by atoms with Gasteiger partial charge in [-0.3, -0.25) is 4.79 Å². The van der Waals surface area contributed by atoms with Gasteiger partial charge in [0.2, 0.25) is 0 Å². The van der Waals surface area contributed by atoms with Crippen molar-refractivity contribution in [2.45, 2.75) is 0 Å². The van der Waals surface area contributed by atoms with Crippen LogP contribution in [-0.4, -0.2) is 17.6 Å². The first-order chi connectivity index (χ1) is 14.2. The molecule has 29 heavy (non-hydrogen) atoms. The maximum absolute atomic E-state index is 13.2. The molecule has 0 aliphatic carbocycles. The lowest BCUT2D eigenvalue weighted by Crippen LogP contribution is -2.17. The number of nitrogens with one attached hydrogen (secondary N) is 1. The number of rotatable bonds is 3. The Balaban J connectivity index is 1.77. The lowest BCUT2D eigenvalue weighted by atomic mass is 10.1. The second-order valence-corrected chi connectivity index (χ2v) is 6.60. The number of carbonyl (C=O) groups excluding carboxylic acids is 1. The van der Waals surface area contributed by atoms with Gasteiger partial charge in [-0.1, -0.05) is 48.2 Å². The summed E-state index contributed by atoms with van der Waals surface area (Å²) >= 11 is 0. The average molecular weight is 380 g/mol. The molecular weight excluding hydrogens is 360 g/mol. The van der Waals surface area contributed by atoms with Gasteiger partial charge >= 0.3 is 0 Å². The van der Waals surface area contributed by atoms with Crippen molar-refractivity contribution in [1.29, 1.82) is 0 Å². The van der Waals surface area contributed by atoms with E-state index in [1.54, 1.807) is 7.11 Å². The highest BCUT2D eigenvalue weighted by Gasteiger charge is 2.20. The summed E-state index contributed by atoms with van der Waals surface area (Å²) in [5.74, 6) is 6.94. The van der Waals surface area contributed by atoms with Crippen LogP contribution in [0.15, 0.2) is 78.9 Å². The molecule has 1 N–H and O–H groups in total. The zero-order valence-electron chi connectivity index (χ0n) is 16.3. The summed E-state index contributed by atoms with van der Waals surface area (Å²) in [5.41, 5.74) is 3.82. The van der Waals surface area contributed by atoms with Crippen molar-refractivity contribution in [1.82, 2.24) is 4.57 Å². The van der Waals surface area contributed by atoms with Gasteiger partial charge in [-0.05, 0) is 42.5 Å². The Morgan fingerprint density at radius 2 is 1.59 bits per heavy atom. The number of amides is 1. The minimum Gasteiger partial charge on any atom is -0.497 e. The van der Waals surface area contributed by atoms with E-state index in [-0.39, 0.29) is 5.91 Å². The van der Waals surface area contributed by atoms with E-state index in [9.17, 15) is 4.79 Å². The molecule has 0 radical (unpaired) electrons. The zero-order chi connectivity index (χ0) is 20.2. The number of para-hydroxylation sites is 1. The van der Waals surface area contributed by atoms with Crippen LogP contribution in [0, 0.1) is 11.8 Å². The Kier molecular flexibility index (Phi) is 5.05. The van der Waals surface area contributed by atoms with Gasteiger partial charge in [0, 0.05) is 29.2 Å². The Bertz CT molecular complexity index is 1230. The first-order valence-electron chi connectivity index (χ1n) is 9.27. The molecule has 4 rings (SSSR count). The van der Waals surface area contributed by atoms with Crippen molar-refractivity contribution in [2.75, 3.05) is 12.4 Å². The molecular formula is C25H20N2O2. The number of methoxy groups -OCH3 is 1. The Hall–Kier alpha value is -3.97. The summed E-state index contributed by atoms with van der Waals surface area (Å²) in [7, 11) is 3.50. The number of nitrogens with zero attached hydrogens (tertiary/aromatic N) is 1. The highest BCUT2D eigenvalue weighted by atomic mass is 16.5. The molecule has 0 saturated carbocycles. The number of ether oxygens (including phenoxy) is 1. The van der Waals surface area contributed by atoms with Crippen molar-refractivity contribution < 1.29 is 9.53 Å². The molecule has 0 aliphatic rings. The monoisotopic (exact) mass is 380 g/mol. The number of aryl methyl sites for hydroxylation is 1. The van der Waals surface area contributed by atoms with Crippen molar-refractivity contribution in [3.8, 4) is 17.6 Å². The number of aromatic nitrogens is 1. The van der Waals surface area contributed by atoms with Gasteiger partial charge in [-0.15, -0.1) is 0 Å². The molecule has 0 unspecified atom stereocenters. The Morgan fingerprint density at radius 1 is 0.897 bits per heavy atom. The zero-order valence-corrected chi connectivity index (χ0v) is 16.3. The van der Waals surface area contributed by atoms with E-state index in [1.807, 2.05) is 90.5 Å². The SMILES string of the molecule is COc1ccc(NC(=O)c2c(C#Cc3ccccc3)c3ccccc3n2C)cc1. The number of carbonyl (C=O) groups is 1. The van der Waals surface area contributed by atoms with Gasteiger partial charge in [0.25, 0.3) is 5.91 Å². The third-order valence-corrected chi connectivity index (χ3v) is 4.78. The van der Waals surface area contributed by atoms with Crippen LogP contribution in [0.25, 0.3) is 10.9 Å². The van der Waals surface area contributed by atoms with Crippen molar-refractivity contribution >= 4 is 22.5 Å². The minimum atomic E-state index is -0.203. The third-order valence-electron chi connectivity index (χ3n) is 4.78. The molecule has 1 amide bonds. The Morgan fingerprint density at radius 3 is 2.31 bits per heavy atom. The van der Waals surface area contributed by atoms with E-state index in [0.717, 1.165) is 27.8 Å². The third kappa shape index (κ3) is 3.71. The van der Waals surface area contributed by atoms with Crippen molar-refractivity contribution in [2.24, 2.45) is 7.05 Å². The summed E-state index contributed by atoms with van der Waals surface area (Å²) in [4.78, 5) is 13.2. The van der Waals surface area contributed by atoms with E-state index in [1.165, 1.54) is 0 Å². The van der Waals surface area contributed by atoms with Crippen LogP contribution >= 0.6 is 0 Å². The van der Waals surface area contributed by atoms with E-state index in [4.69, 9.17) is 4.74 Å². The normalized spacial score (nSPS) is 10.3. The largest absolute Gasteiger partial charge is 0.497 e. The molecule has 0 saturated heterocycles. The molecule has 4 aromatic rings. The second-order valence-electron chi connectivity index (χ2n) is 6.60. The highest BCUT2D eigenvalue weighted by Crippen LogP contribution is 2.26. The first kappa shape index (κ1) is 18.4. The van der Waals surface area contributed by atoms with E-state index >= 15 is 0 Å². The van der Waals surface area contributed by atoms with Crippen LogP contribution in [0.2, 0.25) is 0 Å². The molecule has 1 aromatic heterocycles. The lowest BCUT2D eigenvalue weighted by molar-refractivity contribution is 0.101. The van der Waals surface area contributed by atoms with Crippen LogP contribution < -0.4 is 10.1 Å². The summed E-state index contributed by atoms with van der Waals surface area (Å²) < 4.78 is 7.07. The maximum atomic E-state index is 13.2. The first-order valence-corrected chi connectivity index (χ1v) is 9.27. The second kappa shape index (κ2) is 7.95. The van der Waals surface area contributed by atoms with Gasteiger partial charge in [0.15, 0.2) is 0 Å². The van der Waals surface area contributed by atoms with Crippen LogP contribution in [0.3, 0.4) is 0 Å². The van der Waals surface area contributed by atoms with Crippen molar-refractivity contribution in [3.63, 3.8) is 0 Å². The van der Waals surface area contributed by atoms with Gasteiger partial charge in [0.1, 0.15) is 11.4 Å². The number of hydrogen-bond donors (Lipinski definition) is 1. The fourth-order valence-electron chi connectivity index (χ4n) is 3.31. The summed E-state index contributed by atoms with van der Waals surface area (Å²) in [6.07, 6.45) is 0. The van der Waals surface area contributed by atoms with Crippen LogP contribution in [0.4, 0.5) is 5.69 Å². The predicted molar refractivity (Wildman–Crippen MR) is 116 cm³/mol. The molecule has 0 bridgehead atoms. The summed E-state index contributed by atoms with van der Waals surface area (Å²) in [5, 5.41) is 3.92. The van der Waals surface area contributed by atoms with E-state index < -0.39 is 0 Å². The minimum absolute atomic E-state index is 0.203. The van der Waals surface area contributed by atoms with Crippen LogP contribution in [0.5, 0.6) is 5.75 Å². The molecule has 3 aromatic carbocycles. The Labute approximate surface area is 169 Å². The smallest absolute Gasteiger partial charge is 0.273 e. The van der Waals surface area contributed by atoms with Crippen LogP contribution in [-0.2, 0) is 7.05 Å². The molecule has 1 heterocycles. The maximum Gasteiger partial charge on any atom is 0.273 e. The molecule has 0 aliphatic heterocycles. The van der Waals surface area contributed by atoms with E-state index in [0.29, 0.717) is 11.4 Å². The standard InChI is InChI=1S/C25H20N2O2/c1-27-23-11-7-6-10-21(23)22(17-12-18-8-4-3-5-9-18)24(27)25(28)26-19-13-15-20(29-2)16-14-19/h3-11,13-16H,1-2H3,(H,26,28). The number of hydrogen-bond acceptors (Lipinski definition) is 2. The lowest BCUT2D eigenvalue weighted by Gasteiger charge is -2.08. The molecule has 4 heteroatoms. The molecule has 4 nitrogen and oxygen atoms in total. The van der Waals surface area contributed by atoms with Crippen molar-refractivity contribution in [3.05, 3.63) is 95.7 Å². The van der Waals surface area contributed by atoms with Gasteiger partial charge in [-0.25, -0.2) is 0 Å². The fraction of sp³-hybridized carbons (Fsp3) is 0.0800. The fourth-order valence-corrected chi connectivity index (χ4v) is 3.31. The summed E-state index contributed by atoms with van der Waals surface area (Å²) in [6, 6.07) is 24.9. The molecule has 142 valence electrons. The average Bonchev–Trinajstić information content (AvgIpc) is 3.05. The van der Waals surface area contributed by atoms with E-state index in [2.05, 4.69) is 17.2 Å². The number of anilines is 1. The summed E-state index contributed by atoms with van der Waals surface area (Å²) in [6.45, 7) is 0. The molecule has 0 atom stereocenters. The molecule has 0 spiro atoms. The highest BCUT2D eigenvalue weighted by molar-refractivity contribution is 6.09. The topological polar surface area (TPSA) is 43.3 Å². The van der Waals surface area contributed by atoms with Gasteiger partial charge < -0.3 is 14.6 Å². The quantitative estimate of drug-likeness (QED) is 0.517.